The molecule has 156 valence electrons. The number of carbonyl (C=O) groups is 1. The molecule has 1 aromatic heterocycles. The molecule has 0 radical (unpaired) electrons. The number of rotatable bonds is 4. The van der Waals surface area contributed by atoms with Gasteiger partial charge in [-0.05, 0) is 19.9 Å². The molecule has 2 heterocycles. The van der Waals surface area contributed by atoms with Gasteiger partial charge in [0.25, 0.3) is 0 Å². The third-order valence-corrected chi connectivity index (χ3v) is 5.54. The van der Waals surface area contributed by atoms with E-state index < -0.39 is 35.0 Å². The molecule has 2 fully saturated rings. The van der Waals surface area contributed by atoms with Gasteiger partial charge in [-0.2, -0.15) is 0 Å². The van der Waals surface area contributed by atoms with E-state index in [2.05, 4.69) is 5.32 Å². The molecular weight excluding hydrogens is 384 g/mol. The van der Waals surface area contributed by atoms with Crippen molar-refractivity contribution in [3.63, 3.8) is 0 Å². The summed E-state index contributed by atoms with van der Waals surface area (Å²) in [5.41, 5.74) is -0.906. The monoisotopic (exact) mass is 407 g/mol. The fourth-order valence-electron chi connectivity index (χ4n) is 4.29. The fraction of sp³-hybridized carbons (Fsp3) is 0.500. The number of hydrogen-bond acceptors (Lipinski definition) is 5. The Morgan fingerprint density at radius 2 is 1.93 bits per heavy atom. The van der Waals surface area contributed by atoms with Crippen LogP contribution in [0.5, 0.6) is 5.75 Å². The first kappa shape index (κ1) is 19.6. The lowest BCUT2D eigenvalue weighted by Crippen LogP contribution is -2.54. The van der Waals surface area contributed by atoms with Crippen LogP contribution in [-0.2, 0) is 0 Å². The van der Waals surface area contributed by atoms with E-state index in [1.54, 1.807) is 0 Å². The third-order valence-electron chi connectivity index (χ3n) is 5.54. The van der Waals surface area contributed by atoms with Crippen LogP contribution in [0.25, 0.3) is 10.9 Å². The Balaban J connectivity index is 2.02. The molecule has 1 aromatic carbocycles. The smallest absolute Gasteiger partial charge is 0.341 e. The number of benzene rings is 1. The number of halogens is 2. The van der Waals surface area contributed by atoms with Gasteiger partial charge in [-0.3, -0.25) is 4.79 Å². The van der Waals surface area contributed by atoms with Gasteiger partial charge in [0.1, 0.15) is 17.4 Å². The minimum absolute atomic E-state index is 0.105. The maximum Gasteiger partial charge on any atom is 0.341 e. The van der Waals surface area contributed by atoms with Crippen molar-refractivity contribution in [2.24, 2.45) is 0 Å². The largest absolute Gasteiger partial charge is 0.492 e. The maximum absolute atomic E-state index is 15.2. The molecule has 2 N–H and O–H groups in total. The Kier molecular flexibility index (Phi) is 4.72. The van der Waals surface area contributed by atoms with E-state index in [1.807, 2.05) is 18.7 Å². The number of pyridine rings is 1. The second kappa shape index (κ2) is 6.98. The molecular formula is C20H23F2N3O4. The molecule has 2 unspecified atom stereocenters. The zero-order chi connectivity index (χ0) is 21.0. The lowest BCUT2D eigenvalue weighted by atomic mass is 10.1. The van der Waals surface area contributed by atoms with Crippen LogP contribution in [0.15, 0.2) is 17.1 Å². The number of nitrogens with zero attached hydrogens (tertiary/aromatic N) is 2. The van der Waals surface area contributed by atoms with Gasteiger partial charge in [0.15, 0.2) is 11.6 Å². The van der Waals surface area contributed by atoms with Crippen molar-refractivity contribution >= 4 is 22.6 Å². The summed E-state index contributed by atoms with van der Waals surface area (Å²) in [6.07, 6.45) is 0.193. The van der Waals surface area contributed by atoms with E-state index in [1.165, 1.54) is 11.7 Å². The van der Waals surface area contributed by atoms with Crippen molar-refractivity contribution in [1.29, 1.82) is 0 Å². The van der Waals surface area contributed by atoms with Crippen LogP contribution in [-0.4, -0.2) is 54.1 Å². The van der Waals surface area contributed by atoms with Gasteiger partial charge < -0.3 is 24.6 Å². The second-order valence-corrected chi connectivity index (χ2v) is 7.91. The lowest BCUT2D eigenvalue weighted by Gasteiger charge is -2.38. The first-order valence-electron chi connectivity index (χ1n) is 9.56. The molecule has 29 heavy (non-hydrogen) atoms. The van der Waals surface area contributed by atoms with Gasteiger partial charge in [0.2, 0.25) is 5.43 Å². The van der Waals surface area contributed by atoms with Gasteiger partial charge in [-0.15, -0.1) is 0 Å². The van der Waals surface area contributed by atoms with Crippen LogP contribution in [0.2, 0.25) is 0 Å². The SMILES string of the molecule is COc1c(N2CC(C)NC(C)C2)c(F)cc2c(=O)c(C(=O)O)cn([C@@H]3C[C@@H]3F)c12. The summed E-state index contributed by atoms with van der Waals surface area (Å²) in [6, 6.07) is 0.651. The highest BCUT2D eigenvalue weighted by Gasteiger charge is 2.41. The van der Waals surface area contributed by atoms with Crippen LogP contribution in [0.3, 0.4) is 0 Å². The van der Waals surface area contributed by atoms with Gasteiger partial charge in [-0.25, -0.2) is 13.6 Å². The number of ether oxygens (including phenoxy) is 1. The predicted molar refractivity (Wildman–Crippen MR) is 105 cm³/mol. The first-order chi connectivity index (χ1) is 13.7. The summed E-state index contributed by atoms with van der Waals surface area (Å²) < 4.78 is 36.1. The number of aromatic nitrogens is 1. The van der Waals surface area contributed by atoms with Crippen molar-refractivity contribution in [1.82, 2.24) is 9.88 Å². The molecule has 7 nitrogen and oxygen atoms in total. The van der Waals surface area contributed by atoms with Gasteiger partial charge in [-0.1, -0.05) is 0 Å². The van der Waals surface area contributed by atoms with Crippen LogP contribution in [0, 0.1) is 5.82 Å². The Morgan fingerprint density at radius 1 is 1.31 bits per heavy atom. The van der Waals surface area contributed by atoms with E-state index in [0.29, 0.717) is 13.1 Å². The predicted octanol–water partition coefficient (Wildman–Crippen LogP) is 2.32. The zero-order valence-corrected chi connectivity index (χ0v) is 16.4. The van der Waals surface area contributed by atoms with Crippen molar-refractivity contribution in [2.45, 2.75) is 44.6 Å². The first-order valence-corrected chi connectivity index (χ1v) is 9.56. The normalized spacial score (nSPS) is 26.6. The molecule has 4 rings (SSSR count). The highest BCUT2D eigenvalue weighted by atomic mass is 19.1. The van der Waals surface area contributed by atoms with Crippen LogP contribution in [0.1, 0.15) is 36.7 Å². The fourth-order valence-corrected chi connectivity index (χ4v) is 4.29. The van der Waals surface area contributed by atoms with Crippen molar-refractivity contribution in [3.05, 3.63) is 33.9 Å². The molecule has 0 bridgehead atoms. The summed E-state index contributed by atoms with van der Waals surface area (Å²) in [5, 5.41) is 12.6. The minimum Gasteiger partial charge on any atom is -0.492 e. The number of fused-ring (bicyclic) bond motifs is 1. The van der Waals surface area contributed by atoms with Crippen molar-refractivity contribution in [2.75, 3.05) is 25.1 Å². The summed E-state index contributed by atoms with van der Waals surface area (Å²) >= 11 is 0. The number of methoxy groups -OCH3 is 1. The van der Waals surface area contributed by atoms with Crippen molar-refractivity contribution < 1.29 is 23.4 Å². The average Bonchev–Trinajstić information content (AvgIpc) is 3.36. The molecule has 4 atom stereocenters. The molecule has 2 aromatic rings. The highest BCUT2D eigenvalue weighted by molar-refractivity contribution is 5.97. The molecule has 1 aliphatic carbocycles. The Labute approximate surface area is 165 Å². The van der Waals surface area contributed by atoms with Crippen molar-refractivity contribution in [3.8, 4) is 5.75 Å². The van der Waals surface area contributed by atoms with E-state index in [-0.39, 0.29) is 40.8 Å². The van der Waals surface area contributed by atoms with Gasteiger partial charge >= 0.3 is 5.97 Å². The number of carboxylic acid groups (broad SMARTS) is 1. The number of carboxylic acids is 1. The van der Waals surface area contributed by atoms with Crippen LogP contribution in [0.4, 0.5) is 14.5 Å². The Hall–Kier alpha value is -2.68. The summed E-state index contributed by atoms with van der Waals surface area (Å²) in [7, 11) is 1.37. The number of anilines is 1. The Bertz CT molecular complexity index is 1040. The average molecular weight is 407 g/mol. The standard InChI is InChI=1S/C20H23F2N3O4/c1-9-6-24(7-10(2)23-9)17-14(22)4-11-16(19(17)29-3)25(15-5-13(15)21)8-12(18(11)26)20(27)28/h4,8-10,13,15,23H,5-7H2,1-3H3,(H,27,28)/t9?,10?,13-,15+/m0/s1. The molecule has 1 saturated carbocycles. The van der Waals surface area contributed by atoms with Crippen LogP contribution >= 0.6 is 0 Å². The highest BCUT2D eigenvalue weighted by Crippen LogP contribution is 2.45. The van der Waals surface area contributed by atoms with E-state index in [4.69, 9.17) is 4.74 Å². The molecule has 9 heteroatoms. The van der Waals surface area contributed by atoms with Gasteiger partial charge in [0, 0.05) is 37.8 Å². The quantitative estimate of drug-likeness (QED) is 0.809. The zero-order valence-electron chi connectivity index (χ0n) is 16.4. The van der Waals surface area contributed by atoms with E-state index in [0.717, 1.165) is 12.3 Å². The third kappa shape index (κ3) is 3.23. The lowest BCUT2D eigenvalue weighted by molar-refractivity contribution is 0.0694. The maximum atomic E-state index is 15.2. The minimum atomic E-state index is -1.44. The number of alkyl halides is 1. The molecule has 0 amide bonds. The summed E-state index contributed by atoms with van der Waals surface area (Å²) in [5.74, 6) is -1.99. The molecule has 2 aliphatic rings. The van der Waals surface area contributed by atoms with Gasteiger partial charge in [0.05, 0.1) is 24.1 Å². The summed E-state index contributed by atoms with van der Waals surface area (Å²) in [6.45, 7) is 5.02. The summed E-state index contributed by atoms with van der Waals surface area (Å²) in [4.78, 5) is 26.1. The second-order valence-electron chi connectivity index (χ2n) is 7.91. The molecule has 1 saturated heterocycles. The molecule has 1 aliphatic heterocycles. The number of hydrogen-bond donors (Lipinski definition) is 2. The van der Waals surface area contributed by atoms with Crippen LogP contribution < -0.4 is 20.4 Å². The molecule has 0 spiro atoms. The van der Waals surface area contributed by atoms with E-state index >= 15 is 4.39 Å². The van der Waals surface area contributed by atoms with E-state index in [9.17, 15) is 19.1 Å². The Morgan fingerprint density at radius 3 is 2.45 bits per heavy atom. The topological polar surface area (TPSA) is 83.8 Å². The number of aromatic carboxylic acids is 1. The number of nitrogens with one attached hydrogen (secondary N) is 1. The number of piperazine rings is 1.